The van der Waals surface area contributed by atoms with E-state index in [1.165, 1.54) is 22.6 Å². The highest BCUT2D eigenvalue weighted by atomic mass is 16.5. The third kappa shape index (κ3) is 3.88. The van der Waals surface area contributed by atoms with Crippen LogP contribution in [0, 0.1) is 6.92 Å². The van der Waals surface area contributed by atoms with Crippen molar-refractivity contribution in [3.8, 4) is 0 Å². The zero-order valence-corrected chi connectivity index (χ0v) is 13.2. The van der Waals surface area contributed by atoms with Crippen molar-refractivity contribution in [3.63, 3.8) is 0 Å². The molecule has 0 spiro atoms. The zero-order valence-electron chi connectivity index (χ0n) is 13.2. The SMILES string of the molecule is COC(=O)c1cc(CN(C)C(=O)Cn2ccccc2=O)oc1C. The van der Waals surface area contributed by atoms with Crippen LogP contribution in [0.25, 0.3) is 0 Å². The molecule has 0 aliphatic rings. The molecule has 0 aliphatic carbocycles. The minimum absolute atomic E-state index is 0.0558. The first-order valence-corrected chi connectivity index (χ1v) is 6.99. The van der Waals surface area contributed by atoms with Gasteiger partial charge in [-0.3, -0.25) is 9.59 Å². The van der Waals surface area contributed by atoms with Gasteiger partial charge in [0.2, 0.25) is 5.91 Å². The maximum Gasteiger partial charge on any atom is 0.341 e. The number of esters is 1. The van der Waals surface area contributed by atoms with Gasteiger partial charge >= 0.3 is 5.97 Å². The standard InChI is InChI=1S/C16H18N2O5/c1-11-13(16(21)22-3)8-12(23-11)9-17(2)15(20)10-18-7-5-4-6-14(18)19/h4-8H,9-10H2,1-3H3. The number of furan rings is 1. The Morgan fingerprint density at radius 3 is 2.74 bits per heavy atom. The van der Waals surface area contributed by atoms with Gasteiger partial charge in [0.15, 0.2) is 0 Å². The molecule has 7 heteroatoms. The maximum absolute atomic E-state index is 12.2. The van der Waals surface area contributed by atoms with Crippen LogP contribution in [-0.2, 0) is 22.6 Å². The summed E-state index contributed by atoms with van der Waals surface area (Å²) in [6, 6.07) is 6.26. The summed E-state index contributed by atoms with van der Waals surface area (Å²) >= 11 is 0. The Morgan fingerprint density at radius 2 is 2.09 bits per heavy atom. The Labute approximate surface area is 133 Å². The third-order valence-corrected chi connectivity index (χ3v) is 3.40. The van der Waals surface area contributed by atoms with Gasteiger partial charge in [-0.25, -0.2) is 4.79 Å². The summed E-state index contributed by atoms with van der Waals surface area (Å²) in [6.45, 7) is 1.79. The number of pyridine rings is 1. The summed E-state index contributed by atoms with van der Waals surface area (Å²) in [6.07, 6.45) is 1.56. The number of hydrogen-bond donors (Lipinski definition) is 0. The van der Waals surface area contributed by atoms with Crippen LogP contribution in [0.4, 0.5) is 0 Å². The van der Waals surface area contributed by atoms with E-state index in [2.05, 4.69) is 4.74 Å². The van der Waals surface area contributed by atoms with E-state index in [1.54, 1.807) is 38.4 Å². The molecule has 0 atom stereocenters. The van der Waals surface area contributed by atoms with Gasteiger partial charge < -0.3 is 18.6 Å². The Morgan fingerprint density at radius 1 is 1.35 bits per heavy atom. The number of likely N-dealkylation sites (N-methyl/N-ethyl adjacent to an activating group) is 1. The first-order chi connectivity index (χ1) is 10.9. The minimum atomic E-state index is -0.484. The molecule has 0 saturated carbocycles. The predicted molar refractivity (Wildman–Crippen MR) is 82.0 cm³/mol. The molecular formula is C16H18N2O5. The van der Waals surface area contributed by atoms with Crippen LogP contribution in [0.15, 0.2) is 39.7 Å². The van der Waals surface area contributed by atoms with Gasteiger partial charge in [-0.2, -0.15) is 0 Å². The molecule has 2 aromatic rings. The van der Waals surface area contributed by atoms with Crippen LogP contribution >= 0.6 is 0 Å². The van der Waals surface area contributed by atoms with E-state index in [-0.39, 0.29) is 24.6 Å². The largest absolute Gasteiger partial charge is 0.465 e. The van der Waals surface area contributed by atoms with Gasteiger partial charge in [-0.05, 0) is 19.1 Å². The highest BCUT2D eigenvalue weighted by molar-refractivity contribution is 5.90. The minimum Gasteiger partial charge on any atom is -0.465 e. The molecule has 0 bridgehead atoms. The van der Waals surface area contributed by atoms with Crippen LogP contribution in [0.2, 0.25) is 0 Å². The van der Waals surface area contributed by atoms with Crippen LogP contribution in [0.1, 0.15) is 21.9 Å². The van der Waals surface area contributed by atoms with E-state index in [4.69, 9.17) is 4.42 Å². The quantitative estimate of drug-likeness (QED) is 0.774. The molecule has 2 rings (SSSR count). The Hall–Kier alpha value is -2.83. The van der Waals surface area contributed by atoms with E-state index < -0.39 is 5.97 Å². The number of ether oxygens (including phenoxy) is 1. The molecule has 7 nitrogen and oxygen atoms in total. The molecule has 1 amide bonds. The van der Waals surface area contributed by atoms with E-state index >= 15 is 0 Å². The molecule has 0 saturated heterocycles. The second kappa shape index (κ2) is 6.95. The topological polar surface area (TPSA) is 81.8 Å². The Bertz CT molecular complexity index is 775. The van der Waals surface area contributed by atoms with Crippen molar-refractivity contribution in [1.29, 1.82) is 0 Å². The second-order valence-electron chi connectivity index (χ2n) is 5.09. The maximum atomic E-state index is 12.2. The number of rotatable bonds is 5. The number of amides is 1. The van der Waals surface area contributed by atoms with Gasteiger partial charge in [-0.15, -0.1) is 0 Å². The zero-order chi connectivity index (χ0) is 17.0. The molecule has 0 radical (unpaired) electrons. The van der Waals surface area contributed by atoms with Crippen molar-refractivity contribution in [3.05, 3.63) is 57.9 Å². The average Bonchev–Trinajstić information content (AvgIpc) is 2.89. The lowest BCUT2D eigenvalue weighted by Crippen LogP contribution is -2.33. The lowest BCUT2D eigenvalue weighted by atomic mass is 10.2. The summed E-state index contributed by atoms with van der Waals surface area (Å²) in [5, 5.41) is 0. The van der Waals surface area contributed by atoms with E-state index in [9.17, 15) is 14.4 Å². The normalized spacial score (nSPS) is 10.4. The molecule has 0 unspecified atom stereocenters. The number of nitrogens with zero attached hydrogens (tertiary/aromatic N) is 2. The number of aryl methyl sites for hydroxylation is 1. The number of aromatic nitrogens is 1. The molecular weight excluding hydrogens is 300 g/mol. The smallest absolute Gasteiger partial charge is 0.341 e. The van der Waals surface area contributed by atoms with E-state index in [0.717, 1.165) is 0 Å². The molecule has 0 aliphatic heterocycles. The average molecular weight is 318 g/mol. The van der Waals surface area contributed by atoms with Crippen molar-refractivity contribution in [2.24, 2.45) is 0 Å². The molecule has 2 heterocycles. The van der Waals surface area contributed by atoms with Crippen LogP contribution in [0.5, 0.6) is 0 Å². The summed E-state index contributed by atoms with van der Waals surface area (Å²) in [5.74, 6) is 0.181. The van der Waals surface area contributed by atoms with Gasteiger partial charge in [-0.1, -0.05) is 6.07 Å². The fourth-order valence-corrected chi connectivity index (χ4v) is 2.11. The summed E-state index contributed by atoms with van der Waals surface area (Å²) in [5.41, 5.74) is 0.0960. The first kappa shape index (κ1) is 16.5. The number of carbonyl (C=O) groups excluding carboxylic acids is 2. The first-order valence-electron chi connectivity index (χ1n) is 6.99. The van der Waals surface area contributed by atoms with Crippen LogP contribution < -0.4 is 5.56 Å². The van der Waals surface area contributed by atoms with E-state index in [1.807, 2.05) is 0 Å². The van der Waals surface area contributed by atoms with E-state index in [0.29, 0.717) is 17.1 Å². The number of methoxy groups -OCH3 is 1. The third-order valence-electron chi connectivity index (χ3n) is 3.40. The predicted octanol–water partition coefficient (Wildman–Crippen LogP) is 1.19. The molecule has 0 aromatic carbocycles. The highest BCUT2D eigenvalue weighted by Gasteiger charge is 2.18. The monoisotopic (exact) mass is 318 g/mol. The molecule has 23 heavy (non-hydrogen) atoms. The Kier molecular flexibility index (Phi) is 5.00. The number of carbonyl (C=O) groups is 2. The molecule has 0 fully saturated rings. The summed E-state index contributed by atoms with van der Waals surface area (Å²) in [4.78, 5) is 36.8. The fraction of sp³-hybridized carbons (Fsp3) is 0.312. The molecule has 122 valence electrons. The summed E-state index contributed by atoms with van der Waals surface area (Å²) < 4.78 is 11.5. The van der Waals surface area contributed by atoms with Gasteiger partial charge in [0, 0.05) is 19.3 Å². The Balaban J connectivity index is 2.05. The second-order valence-corrected chi connectivity index (χ2v) is 5.09. The van der Waals surface area contributed by atoms with Crippen molar-refractivity contribution < 1.29 is 18.7 Å². The van der Waals surface area contributed by atoms with Crippen LogP contribution in [-0.4, -0.2) is 35.5 Å². The molecule has 2 aromatic heterocycles. The van der Waals surface area contributed by atoms with Crippen molar-refractivity contribution in [1.82, 2.24) is 9.47 Å². The van der Waals surface area contributed by atoms with Gasteiger partial charge in [0.05, 0.1) is 13.7 Å². The molecule has 0 N–H and O–H groups in total. The highest BCUT2D eigenvalue weighted by Crippen LogP contribution is 2.17. The lowest BCUT2D eigenvalue weighted by molar-refractivity contribution is -0.131. The van der Waals surface area contributed by atoms with Crippen molar-refractivity contribution in [2.75, 3.05) is 14.2 Å². The van der Waals surface area contributed by atoms with Crippen molar-refractivity contribution in [2.45, 2.75) is 20.0 Å². The van der Waals surface area contributed by atoms with Crippen LogP contribution in [0.3, 0.4) is 0 Å². The summed E-state index contributed by atoms with van der Waals surface area (Å²) in [7, 11) is 2.90. The lowest BCUT2D eigenvalue weighted by Gasteiger charge is -2.16. The van der Waals surface area contributed by atoms with Gasteiger partial charge in [0.1, 0.15) is 23.6 Å². The fourth-order valence-electron chi connectivity index (χ4n) is 2.11. The van der Waals surface area contributed by atoms with Gasteiger partial charge in [0.25, 0.3) is 5.56 Å². The van der Waals surface area contributed by atoms with Crippen molar-refractivity contribution >= 4 is 11.9 Å². The number of hydrogen-bond acceptors (Lipinski definition) is 5.